The number of amides is 1. The number of benzene rings is 1. The van der Waals surface area contributed by atoms with Gasteiger partial charge in [0, 0.05) is 22.1 Å². The number of methoxy groups -OCH3 is 1. The fourth-order valence-corrected chi connectivity index (χ4v) is 4.59. The standard InChI is InChI=1S/C24H23N3O3S/c1-15-22-19(12-20(16-9-10-16)25-23(22)30-26-15)24(28)27(14-18-7-5-11-31-18)13-17-6-3-4-8-21(17)29-2/h3-8,11-12,16H,9-10,13-14H2,1-2H3. The van der Waals surface area contributed by atoms with Crippen LogP contribution in [0.5, 0.6) is 5.75 Å². The number of nitrogens with zero attached hydrogens (tertiary/aromatic N) is 3. The molecule has 1 aromatic carbocycles. The van der Waals surface area contributed by atoms with Gasteiger partial charge in [0.15, 0.2) is 0 Å². The third kappa shape index (κ3) is 3.93. The number of carbonyl (C=O) groups excluding carboxylic acids is 1. The summed E-state index contributed by atoms with van der Waals surface area (Å²) in [6.07, 6.45) is 2.19. The van der Waals surface area contributed by atoms with Gasteiger partial charge in [-0.2, -0.15) is 0 Å². The first kappa shape index (κ1) is 19.8. The number of fused-ring (bicyclic) bond motifs is 1. The maximum Gasteiger partial charge on any atom is 0.259 e. The zero-order valence-electron chi connectivity index (χ0n) is 17.5. The first-order chi connectivity index (χ1) is 15.1. The Labute approximate surface area is 184 Å². The first-order valence-electron chi connectivity index (χ1n) is 10.3. The molecule has 0 unspecified atom stereocenters. The number of aromatic nitrogens is 2. The Balaban J connectivity index is 1.57. The maximum atomic E-state index is 13.9. The average Bonchev–Trinajstić information content (AvgIpc) is 3.40. The molecule has 3 aromatic heterocycles. The topological polar surface area (TPSA) is 68.5 Å². The minimum Gasteiger partial charge on any atom is -0.496 e. The molecule has 3 heterocycles. The number of thiophene rings is 1. The van der Waals surface area contributed by atoms with Gasteiger partial charge in [0.05, 0.1) is 36.8 Å². The summed E-state index contributed by atoms with van der Waals surface area (Å²) in [5, 5.41) is 6.81. The van der Waals surface area contributed by atoms with Gasteiger partial charge < -0.3 is 14.2 Å². The fourth-order valence-electron chi connectivity index (χ4n) is 3.87. The molecular formula is C24H23N3O3S. The molecule has 1 saturated carbocycles. The van der Waals surface area contributed by atoms with Crippen LogP contribution in [-0.4, -0.2) is 28.1 Å². The Morgan fingerprint density at radius 1 is 1.23 bits per heavy atom. The van der Waals surface area contributed by atoms with Gasteiger partial charge in [-0.1, -0.05) is 29.4 Å². The van der Waals surface area contributed by atoms with E-state index in [4.69, 9.17) is 9.26 Å². The van der Waals surface area contributed by atoms with E-state index in [9.17, 15) is 4.79 Å². The summed E-state index contributed by atoms with van der Waals surface area (Å²) in [7, 11) is 1.65. The van der Waals surface area contributed by atoms with Crippen molar-refractivity contribution in [2.24, 2.45) is 0 Å². The number of para-hydroxylation sites is 1. The van der Waals surface area contributed by atoms with Crippen LogP contribution in [-0.2, 0) is 13.1 Å². The number of rotatable bonds is 7. The Morgan fingerprint density at radius 2 is 2.06 bits per heavy atom. The van der Waals surface area contributed by atoms with Crippen LogP contribution in [0.15, 0.2) is 52.4 Å². The quantitative estimate of drug-likeness (QED) is 0.394. The molecule has 0 N–H and O–H groups in total. The van der Waals surface area contributed by atoms with Crippen molar-refractivity contribution in [3.05, 3.63) is 75.2 Å². The van der Waals surface area contributed by atoms with Crippen LogP contribution in [0.4, 0.5) is 0 Å². The van der Waals surface area contributed by atoms with E-state index in [0.717, 1.165) is 34.7 Å². The van der Waals surface area contributed by atoms with Crippen LogP contribution in [0.3, 0.4) is 0 Å². The van der Waals surface area contributed by atoms with Crippen molar-refractivity contribution in [1.29, 1.82) is 0 Å². The molecule has 1 aliphatic carbocycles. The van der Waals surface area contributed by atoms with Crippen LogP contribution >= 0.6 is 11.3 Å². The molecule has 7 heteroatoms. The summed E-state index contributed by atoms with van der Waals surface area (Å²) < 4.78 is 11.0. The molecule has 6 nitrogen and oxygen atoms in total. The molecule has 1 aliphatic rings. The van der Waals surface area contributed by atoms with Crippen molar-refractivity contribution in [2.75, 3.05) is 7.11 Å². The molecule has 0 bridgehead atoms. The molecule has 4 aromatic rings. The average molecular weight is 434 g/mol. The second-order valence-electron chi connectivity index (χ2n) is 7.87. The van der Waals surface area contributed by atoms with Crippen LogP contribution in [0.25, 0.3) is 11.1 Å². The van der Waals surface area contributed by atoms with Crippen molar-refractivity contribution < 1.29 is 14.1 Å². The lowest BCUT2D eigenvalue weighted by molar-refractivity contribution is 0.0732. The predicted molar refractivity (Wildman–Crippen MR) is 119 cm³/mol. The summed E-state index contributed by atoms with van der Waals surface area (Å²) in [5.41, 5.74) is 3.61. The van der Waals surface area contributed by atoms with E-state index in [2.05, 4.69) is 16.2 Å². The SMILES string of the molecule is COc1ccccc1CN(Cc1cccs1)C(=O)c1cc(C2CC2)nc2onc(C)c12. The highest BCUT2D eigenvalue weighted by Crippen LogP contribution is 2.40. The lowest BCUT2D eigenvalue weighted by Crippen LogP contribution is -2.30. The molecular weight excluding hydrogens is 410 g/mol. The van der Waals surface area contributed by atoms with E-state index in [-0.39, 0.29) is 5.91 Å². The number of carbonyl (C=O) groups is 1. The lowest BCUT2D eigenvalue weighted by atomic mass is 10.1. The second-order valence-corrected chi connectivity index (χ2v) is 8.90. The maximum absolute atomic E-state index is 13.9. The molecule has 1 fully saturated rings. The summed E-state index contributed by atoms with van der Waals surface area (Å²) in [6, 6.07) is 13.8. The van der Waals surface area contributed by atoms with Crippen LogP contribution in [0.2, 0.25) is 0 Å². The van der Waals surface area contributed by atoms with Crippen molar-refractivity contribution in [2.45, 2.75) is 38.8 Å². The van der Waals surface area contributed by atoms with E-state index in [1.165, 1.54) is 0 Å². The predicted octanol–water partition coefficient (Wildman–Crippen LogP) is 5.32. The zero-order chi connectivity index (χ0) is 21.4. The Kier molecular flexibility index (Phi) is 5.19. The van der Waals surface area contributed by atoms with Gasteiger partial charge >= 0.3 is 0 Å². The minimum atomic E-state index is -0.0556. The summed E-state index contributed by atoms with van der Waals surface area (Å²) in [5.74, 6) is 1.12. The van der Waals surface area contributed by atoms with Crippen LogP contribution < -0.4 is 4.74 Å². The molecule has 0 radical (unpaired) electrons. The third-order valence-corrected chi connectivity index (χ3v) is 6.49. The Hall–Kier alpha value is -3.19. The molecule has 31 heavy (non-hydrogen) atoms. The Bertz CT molecular complexity index is 1230. The van der Waals surface area contributed by atoms with Crippen molar-refractivity contribution in [3.63, 3.8) is 0 Å². The van der Waals surface area contributed by atoms with Gasteiger partial charge in [-0.3, -0.25) is 4.79 Å². The molecule has 0 saturated heterocycles. The summed E-state index contributed by atoms with van der Waals surface area (Å²) >= 11 is 1.64. The normalized spacial score (nSPS) is 13.5. The van der Waals surface area contributed by atoms with Crippen LogP contribution in [0.1, 0.15) is 50.9 Å². The van der Waals surface area contributed by atoms with Gasteiger partial charge in [0.1, 0.15) is 5.75 Å². The largest absolute Gasteiger partial charge is 0.496 e. The summed E-state index contributed by atoms with van der Waals surface area (Å²) in [6.45, 7) is 2.81. The molecule has 0 spiro atoms. The molecule has 0 atom stereocenters. The number of hydrogen-bond donors (Lipinski definition) is 0. The third-order valence-electron chi connectivity index (χ3n) is 5.63. The van der Waals surface area contributed by atoms with Gasteiger partial charge in [-0.25, -0.2) is 4.98 Å². The van der Waals surface area contributed by atoms with Gasteiger partial charge in [0.2, 0.25) is 0 Å². The molecule has 0 aliphatic heterocycles. The lowest BCUT2D eigenvalue weighted by Gasteiger charge is -2.24. The second kappa shape index (κ2) is 8.15. The van der Waals surface area contributed by atoms with Gasteiger partial charge in [-0.05, 0) is 43.3 Å². The van der Waals surface area contributed by atoms with Crippen molar-refractivity contribution in [3.8, 4) is 5.75 Å². The highest BCUT2D eigenvalue weighted by Gasteiger charge is 2.30. The van der Waals surface area contributed by atoms with Crippen molar-refractivity contribution in [1.82, 2.24) is 15.0 Å². The smallest absolute Gasteiger partial charge is 0.259 e. The monoisotopic (exact) mass is 433 g/mol. The fraction of sp³-hybridized carbons (Fsp3) is 0.292. The highest BCUT2D eigenvalue weighted by atomic mass is 32.1. The zero-order valence-corrected chi connectivity index (χ0v) is 18.3. The van der Waals surface area contributed by atoms with Crippen LogP contribution in [0, 0.1) is 6.92 Å². The van der Waals surface area contributed by atoms with Gasteiger partial charge in [0.25, 0.3) is 11.6 Å². The number of pyridine rings is 1. The minimum absolute atomic E-state index is 0.0556. The van der Waals surface area contributed by atoms with E-state index >= 15 is 0 Å². The number of aryl methyl sites for hydroxylation is 1. The number of ether oxygens (including phenoxy) is 1. The van der Waals surface area contributed by atoms with E-state index < -0.39 is 0 Å². The first-order valence-corrected chi connectivity index (χ1v) is 11.2. The van der Waals surface area contributed by atoms with Gasteiger partial charge in [-0.15, -0.1) is 11.3 Å². The molecule has 5 rings (SSSR count). The van der Waals surface area contributed by atoms with E-state index in [1.54, 1.807) is 18.4 Å². The Morgan fingerprint density at radius 3 is 2.81 bits per heavy atom. The van der Waals surface area contributed by atoms with Crippen molar-refractivity contribution >= 4 is 28.3 Å². The highest BCUT2D eigenvalue weighted by molar-refractivity contribution is 7.09. The van der Waals surface area contributed by atoms with E-state index in [0.29, 0.717) is 41.4 Å². The molecule has 1 amide bonds. The number of hydrogen-bond acceptors (Lipinski definition) is 6. The molecule has 158 valence electrons. The van der Waals surface area contributed by atoms with E-state index in [1.807, 2.05) is 53.6 Å². The summed E-state index contributed by atoms with van der Waals surface area (Å²) in [4.78, 5) is 21.5.